The Kier molecular flexibility index (Phi) is 6.18. The lowest BCUT2D eigenvalue weighted by atomic mass is 10.3. The van der Waals surface area contributed by atoms with Crippen molar-refractivity contribution >= 4 is 33.3 Å². The molecule has 3 N–H and O–H groups in total. The van der Waals surface area contributed by atoms with E-state index in [1.54, 1.807) is 19.2 Å². The number of nitrogens with zero attached hydrogens (tertiary/aromatic N) is 1. The van der Waals surface area contributed by atoms with Crippen LogP contribution in [0.5, 0.6) is 0 Å². The van der Waals surface area contributed by atoms with E-state index < -0.39 is 15.9 Å². The molecule has 0 saturated carbocycles. The van der Waals surface area contributed by atoms with Gasteiger partial charge in [-0.15, -0.1) is 0 Å². The van der Waals surface area contributed by atoms with Gasteiger partial charge in [-0.1, -0.05) is 11.6 Å². The second-order valence-corrected chi connectivity index (χ2v) is 6.29. The Morgan fingerprint density at radius 2 is 2.05 bits per heavy atom. The number of nitrogens with one attached hydrogen (secondary N) is 3. The zero-order valence-corrected chi connectivity index (χ0v) is 12.8. The van der Waals surface area contributed by atoms with Crippen molar-refractivity contribution in [2.24, 2.45) is 0 Å². The van der Waals surface area contributed by atoms with E-state index >= 15 is 0 Å². The summed E-state index contributed by atoms with van der Waals surface area (Å²) in [4.78, 5) is 15.9. The Hall–Kier alpha value is -1.38. The fraction of sp³-hybridized carbons (Fsp3) is 0.455. The number of hydrogen-bond donors (Lipinski definition) is 3. The van der Waals surface area contributed by atoms with Gasteiger partial charge in [-0.3, -0.25) is 4.79 Å². The highest BCUT2D eigenvalue weighted by molar-refractivity contribution is 7.88. The molecule has 0 radical (unpaired) electrons. The second-order valence-electron chi connectivity index (χ2n) is 4.05. The lowest BCUT2D eigenvalue weighted by Gasteiger charge is -2.08. The van der Waals surface area contributed by atoms with Crippen LogP contribution in [0, 0.1) is 0 Å². The van der Waals surface area contributed by atoms with Crippen molar-refractivity contribution in [2.45, 2.75) is 6.42 Å². The molecule has 0 aliphatic rings. The van der Waals surface area contributed by atoms with Gasteiger partial charge in [-0.05, 0) is 18.6 Å². The van der Waals surface area contributed by atoms with E-state index in [-0.39, 0.29) is 17.3 Å². The van der Waals surface area contributed by atoms with Gasteiger partial charge in [0.15, 0.2) is 0 Å². The van der Waals surface area contributed by atoms with Crippen LogP contribution in [0.1, 0.15) is 16.9 Å². The Bertz CT molecular complexity index is 577. The number of halogens is 1. The van der Waals surface area contributed by atoms with Crippen LogP contribution in [0.4, 0.5) is 5.82 Å². The monoisotopic (exact) mass is 320 g/mol. The van der Waals surface area contributed by atoms with E-state index in [4.69, 9.17) is 11.6 Å². The maximum Gasteiger partial charge on any atom is 0.271 e. The molecule has 112 valence electrons. The molecule has 9 heteroatoms. The number of hydrogen-bond acceptors (Lipinski definition) is 5. The number of rotatable bonds is 7. The van der Waals surface area contributed by atoms with Gasteiger partial charge < -0.3 is 10.6 Å². The van der Waals surface area contributed by atoms with Crippen LogP contribution in [0.15, 0.2) is 12.1 Å². The summed E-state index contributed by atoms with van der Waals surface area (Å²) in [6.07, 6.45) is 1.56. The first-order valence-corrected chi connectivity index (χ1v) is 8.17. The maximum absolute atomic E-state index is 11.9. The summed E-state index contributed by atoms with van der Waals surface area (Å²) in [7, 11) is -1.51. The predicted octanol–water partition coefficient (Wildman–Crippen LogP) is 0.446. The summed E-state index contributed by atoms with van der Waals surface area (Å²) in [6, 6.07) is 3.25. The molecule has 0 unspecified atom stereocenters. The van der Waals surface area contributed by atoms with Crippen LogP contribution >= 0.6 is 11.6 Å². The molecule has 7 nitrogen and oxygen atoms in total. The van der Waals surface area contributed by atoms with Gasteiger partial charge in [0.25, 0.3) is 5.91 Å². The van der Waals surface area contributed by atoms with Crippen molar-refractivity contribution in [1.82, 2.24) is 15.0 Å². The molecule has 1 aromatic rings. The first kappa shape index (κ1) is 16.7. The molecule has 0 bridgehead atoms. The summed E-state index contributed by atoms with van der Waals surface area (Å²) >= 11 is 5.91. The number of aromatic nitrogens is 1. The molecule has 0 aliphatic heterocycles. The van der Waals surface area contributed by atoms with E-state index in [2.05, 4.69) is 20.3 Å². The Morgan fingerprint density at radius 1 is 1.35 bits per heavy atom. The average molecular weight is 321 g/mol. The normalized spacial score (nSPS) is 11.2. The number of amides is 1. The molecule has 0 spiro atoms. The van der Waals surface area contributed by atoms with Crippen LogP contribution in [0.25, 0.3) is 0 Å². The number of pyridine rings is 1. The molecule has 20 heavy (non-hydrogen) atoms. The summed E-state index contributed by atoms with van der Waals surface area (Å²) in [5, 5.41) is 5.70. The van der Waals surface area contributed by atoms with Gasteiger partial charge in [0.2, 0.25) is 10.0 Å². The van der Waals surface area contributed by atoms with E-state index in [1.807, 2.05) is 0 Å². The third kappa shape index (κ3) is 5.72. The smallest absolute Gasteiger partial charge is 0.271 e. The first-order valence-electron chi connectivity index (χ1n) is 5.90. The first-order chi connectivity index (χ1) is 9.33. The van der Waals surface area contributed by atoms with E-state index in [9.17, 15) is 13.2 Å². The Morgan fingerprint density at radius 3 is 2.65 bits per heavy atom. The van der Waals surface area contributed by atoms with Crippen LogP contribution in [-0.2, 0) is 10.0 Å². The van der Waals surface area contributed by atoms with Crippen molar-refractivity contribution in [3.8, 4) is 0 Å². The highest BCUT2D eigenvalue weighted by atomic mass is 35.5. The molecular weight excluding hydrogens is 304 g/mol. The third-order valence-electron chi connectivity index (χ3n) is 2.32. The van der Waals surface area contributed by atoms with Crippen molar-refractivity contribution < 1.29 is 13.2 Å². The Labute approximate surface area is 123 Å². The summed E-state index contributed by atoms with van der Waals surface area (Å²) in [5.41, 5.74) is 0.134. The van der Waals surface area contributed by atoms with Gasteiger partial charge in [0.1, 0.15) is 11.5 Å². The zero-order chi connectivity index (χ0) is 15.2. The van der Waals surface area contributed by atoms with E-state index in [1.165, 1.54) is 0 Å². The number of anilines is 1. The molecule has 0 fully saturated rings. The number of carbonyl (C=O) groups excluding carboxylic acids is 1. The molecule has 1 aromatic heterocycles. The predicted molar refractivity (Wildman–Crippen MR) is 78.6 cm³/mol. The molecule has 1 heterocycles. The fourth-order valence-corrected chi connectivity index (χ4v) is 2.08. The van der Waals surface area contributed by atoms with Crippen LogP contribution in [-0.4, -0.2) is 45.7 Å². The van der Waals surface area contributed by atoms with Crippen molar-refractivity contribution in [3.63, 3.8) is 0 Å². The van der Waals surface area contributed by atoms with E-state index in [0.29, 0.717) is 18.8 Å². The molecule has 0 atom stereocenters. The standard InChI is InChI=1S/C11H17ClN4O3S/c1-13-9-5-4-8(12)10(16-9)11(17)14-6-3-7-15-20(2,18)19/h4-5,15H,3,6-7H2,1-2H3,(H,13,16)(H,14,17). The van der Waals surface area contributed by atoms with Gasteiger partial charge in [-0.25, -0.2) is 18.1 Å². The third-order valence-corrected chi connectivity index (χ3v) is 3.35. The average Bonchev–Trinajstić information content (AvgIpc) is 2.37. The molecule has 0 saturated heterocycles. The lowest BCUT2D eigenvalue weighted by Crippen LogP contribution is -2.30. The molecule has 0 aromatic carbocycles. The summed E-state index contributed by atoms with van der Waals surface area (Å²) in [5.74, 6) is 0.143. The van der Waals surface area contributed by atoms with Crippen LogP contribution in [0.2, 0.25) is 5.02 Å². The Balaban J connectivity index is 2.47. The van der Waals surface area contributed by atoms with Gasteiger partial charge >= 0.3 is 0 Å². The number of sulfonamides is 1. The zero-order valence-electron chi connectivity index (χ0n) is 11.2. The van der Waals surface area contributed by atoms with Gasteiger partial charge in [0.05, 0.1) is 11.3 Å². The number of carbonyl (C=O) groups is 1. The van der Waals surface area contributed by atoms with Crippen LogP contribution in [0.3, 0.4) is 0 Å². The maximum atomic E-state index is 11.9. The van der Waals surface area contributed by atoms with Crippen molar-refractivity contribution in [3.05, 3.63) is 22.8 Å². The molecule has 1 rings (SSSR count). The van der Waals surface area contributed by atoms with Gasteiger partial charge in [0, 0.05) is 20.1 Å². The molecule has 1 amide bonds. The van der Waals surface area contributed by atoms with Crippen LogP contribution < -0.4 is 15.4 Å². The highest BCUT2D eigenvalue weighted by Crippen LogP contribution is 2.16. The largest absolute Gasteiger partial charge is 0.373 e. The topological polar surface area (TPSA) is 100 Å². The van der Waals surface area contributed by atoms with Gasteiger partial charge in [-0.2, -0.15) is 0 Å². The summed E-state index contributed by atoms with van der Waals surface area (Å²) in [6.45, 7) is 0.583. The molecular formula is C11H17ClN4O3S. The lowest BCUT2D eigenvalue weighted by molar-refractivity contribution is 0.0949. The minimum absolute atomic E-state index is 0.134. The highest BCUT2D eigenvalue weighted by Gasteiger charge is 2.12. The summed E-state index contributed by atoms with van der Waals surface area (Å²) < 4.78 is 24.0. The quantitative estimate of drug-likeness (QED) is 0.633. The minimum Gasteiger partial charge on any atom is -0.373 e. The minimum atomic E-state index is -3.20. The van der Waals surface area contributed by atoms with Crippen molar-refractivity contribution in [2.75, 3.05) is 31.7 Å². The SMILES string of the molecule is CNc1ccc(Cl)c(C(=O)NCCCNS(C)(=O)=O)n1. The fourth-order valence-electron chi connectivity index (χ4n) is 1.37. The van der Waals surface area contributed by atoms with Crippen molar-refractivity contribution in [1.29, 1.82) is 0 Å². The second kappa shape index (κ2) is 7.41. The van der Waals surface area contributed by atoms with E-state index in [0.717, 1.165) is 6.26 Å². The molecule has 0 aliphatic carbocycles.